The number of hydrogen-bond acceptors (Lipinski definition) is 2. The van der Waals surface area contributed by atoms with Crippen molar-refractivity contribution in [2.45, 2.75) is 13.8 Å². The maximum Gasteiger partial charge on any atom is 0.264 e. The number of hydrogen-bond donors (Lipinski definition) is 1. The normalized spacial score (nSPS) is 10.3. The summed E-state index contributed by atoms with van der Waals surface area (Å²) < 4.78 is 0. The van der Waals surface area contributed by atoms with Gasteiger partial charge in [-0.05, 0) is 31.0 Å². The summed E-state index contributed by atoms with van der Waals surface area (Å²) >= 11 is 0. The van der Waals surface area contributed by atoms with Gasteiger partial charge in [0.05, 0.1) is 5.69 Å². The smallest absolute Gasteiger partial charge is 0.264 e. The average Bonchev–Trinajstić information content (AvgIpc) is 2.24. The largest absolute Gasteiger partial charge is 0.268 e. The molecule has 1 N–H and O–H groups in total. The van der Waals surface area contributed by atoms with Gasteiger partial charge >= 0.3 is 0 Å². The number of rotatable bonds is 1. The lowest BCUT2D eigenvalue weighted by Gasteiger charge is -2.06. The van der Waals surface area contributed by atoms with Crippen LogP contribution in [0.2, 0.25) is 0 Å². The highest BCUT2D eigenvalue weighted by atomic mass is 16.1. The van der Waals surface area contributed by atoms with Crippen molar-refractivity contribution in [2.24, 2.45) is 0 Å². The fourth-order valence-corrected chi connectivity index (χ4v) is 1.52. The van der Waals surface area contributed by atoms with E-state index in [2.05, 4.69) is 30.1 Å². The number of nitrogens with one attached hydrogen (secondary N) is 1. The van der Waals surface area contributed by atoms with Crippen LogP contribution in [0, 0.1) is 13.8 Å². The van der Waals surface area contributed by atoms with Crippen LogP contribution in [0.3, 0.4) is 0 Å². The summed E-state index contributed by atoms with van der Waals surface area (Å²) in [6.07, 6.45) is 0. The molecular weight excluding hydrogens is 188 g/mol. The van der Waals surface area contributed by atoms with E-state index in [4.69, 9.17) is 0 Å². The number of H-pyrrole nitrogens is 1. The molecular formula is C12H12N2O. The van der Waals surface area contributed by atoms with E-state index in [1.165, 1.54) is 17.2 Å². The monoisotopic (exact) mass is 200 g/mol. The molecule has 1 aromatic carbocycles. The maximum atomic E-state index is 10.9. The lowest BCUT2D eigenvalue weighted by atomic mass is 10.0. The van der Waals surface area contributed by atoms with Crippen molar-refractivity contribution >= 4 is 0 Å². The van der Waals surface area contributed by atoms with Crippen LogP contribution < -0.4 is 5.56 Å². The van der Waals surface area contributed by atoms with Gasteiger partial charge in [-0.1, -0.05) is 18.2 Å². The first-order chi connectivity index (χ1) is 7.18. The Morgan fingerprint density at radius 2 is 1.93 bits per heavy atom. The lowest BCUT2D eigenvalue weighted by molar-refractivity contribution is 0.993. The number of aromatic nitrogens is 2. The van der Waals surface area contributed by atoms with E-state index < -0.39 is 0 Å². The first kappa shape index (κ1) is 9.65. The van der Waals surface area contributed by atoms with Gasteiger partial charge in [-0.3, -0.25) is 4.79 Å². The molecule has 0 saturated carbocycles. The fourth-order valence-electron chi connectivity index (χ4n) is 1.52. The van der Waals surface area contributed by atoms with E-state index in [1.807, 2.05) is 12.1 Å². The second kappa shape index (κ2) is 3.69. The molecule has 0 aliphatic rings. The molecule has 0 fully saturated rings. The second-order valence-corrected chi connectivity index (χ2v) is 3.55. The third kappa shape index (κ3) is 1.81. The number of benzene rings is 1. The van der Waals surface area contributed by atoms with Crippen LogP contribution in [0.1, 0.15) is 11.1 Å². The molecule has 15 heavy (non-hydrogen) atoms. The van der Waals surface area contributed by atoms with Gasteiger partial charge in [-0.25, -0.2) is 5.10 Å². The molecule has 0 amide bonds. The summed E-state index contributed by atoms with van der Waals surface area (Å²) in [6.45, 7) is 4.11. The SMILES string of the molecule is Cc1cccc(-c2ccc(=O)[nH]n2)c1C. The van der Waals surface area contributed by atoms with Crippen molar-refractivity contribution in [2.75, 3.05) is 0 Å². The van der Waals surface area contributed by atoms with Crippen LogP contribution in [0.15, 0.2) is 35.1 Å². The van der Waals surface area contributed by atoms with Gasteiger partial charge < -0.3 is 0 Å². The summed E-state index contributed by atoms with van der Waals surface area (Å²) in [5.41, 5.74) is 4.10. The van der Waals surface area contributed by atoms with Gasteiger partial charge in [0.15, 0.2) is 0 Å². The number of nitrogens with zero attached hydrogens (tertiary/aromatic N) is 1. The summed E-state index contributed by atoms with van der Waals surface area (Å²) in [6, 6.07) is 9.28. The molecule has 3 heteroatoms. The zero-order valence-electron chi connectivity index (χ0n) is 8.74. The van der Waals surface area contributed by atoms with Crippen molar-refractivity contribution in [3.05, 3.63) is 51.8 Å². The average molecular weight is 200 g/mol. The minimum atomic E-state index is -0.177. The number of aromatic amines is 1. The zero-order valence-corrected chi connectivity index (χ0v) is 8.74. The molecule has 0 aliphatic heterocycles. The van der Waals surface area contributed by atoms with E-state index in [9.17, 15) is 4.79 Å². The molecule has 0 saturated heterocycles. The molecule has 0 radical (unpaired) electrons. The summed E-state index contributed by atoms with van der Waals surface area (Å²) in [5.74, 6) is 0. The standard InChI is InChI=1S/C12H12N2O/c1-8-4-3-5-10(9(8)2)11-6-7-12(15)14-13-11/h3-7H,1-2H3,(H,14,15). The van der Waals surface area contributed by atoms with Gasteiger partial charge in [0.2, 0.25) is 0 Å². The zero-order chi connectivity index (χ0) is 10.8. The van der Waals surface area contributed by atoms with Crippen LogP contribution in [0.4, 0.5) is 0 Å². The Kier molecular flexibility index (Phi) is 2.37. The van der Waals surface area contributed by atoms with Crippen molar-refractivity contribution in [3.63, 3.8) is 0 Å². The first-order valence-electron chi connectivity index (χ1n) is 4.81. The topological polar surface area (TPSA) is 45.8 Å². The minimum Gasteiger partial charge on any atom is -0.268 e. The molecule has 3 nitrogen and oxygen atoms in total. The van der Waals surface area contributed by atoms with E-state index in [-0.39, 0.29) is 5.56 Å². The molecule has 1 heterocycles. The highest BCUT2D eigenvalue weighted by Gasteiger charge is 2.04. The summed E-state index contributed by atoms with van der Waals surface area (Å²) in [7, 11) is 0. The third-order valence-electron chi connectivity index (χ3n) is 2.56. The molecule has 0 atom stereocenters. The maximum absolute atomic E-state index is 10.9. The predicted molar refractivity (Wildman–Crippen MR) is 59.8 cm³/mol. The molecule has 0 spiro atoms. The quantitative estimate of drug-likeness (QED) is 0.765. The highest BCUT2D eigenvalue weighted by Crippen LogP contribution is 2.22. The van der Waals surface area contributed by atoms with Gasteiger partial charge in [-0.15, -0.1) is 0 Å². The minimum absolute atomic E-state index is 0.177. The molecule has 2 aromatic rings. The molecule has 0 unspecified atom stereocenters. The van der Waals surface area contributed by atoms with Crippen molar-refractivity contribution in [1.82, 2.24) is 10.2 Å². The highest BCUT2D eigenvalue weighted by molar-refractivity contribution is 5.64. The van der Waals surface area contributed by atoms with Gasteiger partial charge in [0.1, 0.15) is 0 Å². The second-order valence-electron chi connectivity index (χ2n) is 3.55. The van der Waals surface area contributed by atoms with Crippen molar-refractivity contribution in [1.29, 1.82) is 0 Å². The molecule has 1 aromatic heterocycles. The first-order valence-corrected chi connectivity index (χ1v) is 4.81. The number of aryl methyl sites for hydroxylation is 1. The Bertz CT molecular complexity index is 523. The van der Waals surface area contributed by atoms with Crippen LogP contribution >= 0.6 is 0 Å². The Morgan fingerprint density at radius 1 is 1.13 bits per heavy atom. The van der Waals surface area contributed by atoms with E-state index in [0.29, 0.717) is 0 Å². The molecule has 2 rings (SSSR count). The van der Waals surface area contributed by atoms with Crippen LogP contribution in [0.5, 0.6) is 0 Å². The Labute approximate surface area is 87.8 Å². The predicted octanol–water partition coefficient (Wildman–Crippen LogP) is 2.05. The van der Waals surface area contributed by atoms with Crippen LogP contribution in [-0.2, 0) is 0 Å². The Hall–Kier alpha value is -1.90. The van der Waals surface area contributed by atoms with Crippen molar-refractivity contribution in [3.8, 4) is 11.3 Å². The lowest BCUT2D eigenvalue weighted by Crippen LogP contribution is -2.06. The van der Waals surface area contributed by atoms with E-state index >= 15 is 0 Å². The van der Waals surface area contributed by atoms with Gasteiger partial charge in [-0.2, -0.15) is 5.10 Å². The van der Waals surface area contributed by atoms with Gasteiger partial charge in [0, 0.05) is 11.6 Å². The Morgan fingerprint density at radius 3 is 2.60 bits per heavy atom. The molecule has 0 bridgehead atoms. The third-order valence-corrected chi connectivity index (χ3v) is 2.56. The fraction of sp³-hybridized carbons (Fsp3) is 0.167. The van der Waals surface area contributed by atoms with Crippen LogP contribution in [0.25, 0.3) is 11.3 Å². The summed E-state index contributed by atoms with van der Waals surface area (Å²) in [4.78, 5) is 10.9. The van der Waals surface area contributed by atoms with Gasteiger partial charge in [0.25, 0.3) is 5.56 Å². The van der Waals surface area contributed by atoms with Crippen molar-refractivity contribution < 1.29 is 0 Å². The molecule has 0 aliphatic carbocycles. The Balaban J connectivity index is 2.59. The van der Waals surface area contributed by atoms with E-state index in [0.717, 1.165) is 11.3 Å². The van der Waals surface area contributed by atoms with Crippen LogP contribution in [-0.4, -0.2) is 10.2 Å². The molecule has 76 valence electrons. The summed E-state index contributed by atoms with van der Waals surface area (Å²) in [5, 5.41) is 6.45. The van der Waals surface area contributed by atoms with E-state index in [1.54, 1.807) is 6.07 Å².